The van der Waals surface area contributed by atoms with Crippen molar-refractivity contribution in [1.82, 2.24) is 10.6 Å². The van der Waals surface area contributed by atoms with E-state index in [1.165, 1.54) is 11.1 Å². The fraction of sp³-hybridized carbons (Fsp3) is 0.533. The molecule has 0 saturated carbocycles. The molecule has 3 rings (SSSR count). The van der Waals surface area contributed by atoms with Crippen LogP contribution in [0.1, 0.15) is 11.1 Å². The fourth-order valence-electron chi connectivity index (χ4n) is 3.09. The summed E-state index contributed by atoms with van der Waals surface area (Å²) in [6.45, 7) is 1.61. The van der Waals surface area contributed by atoms with E-state index in [9.17, 15) is 4.79 Å². The second-order valence-electron chi connectivity index (χ2n) is 5.42. The number of rotatable bonds is 3. The van der Waals surface area contributed by atoms with Crippen molar-refractivity contribution in [3.63, 3.8) is 0 Å². The Kier molecular flexibility index (Phi) is 3.53. The molecule has 0 aromatic heterocycles. The van der Waals surface area contributed by atoms with Crippen molar-refractivity contribution < 1.29 is 9.53 Å². The lowest BCUT2D eigenvalue weighted by molar-refractivity contribution is -0.126. The minimum absolute atomic E-state index is 0.0792. The van der Waals surface area contributed by atoms with Gasteiger partial charge in [-0.2, -0.15) is 0 Å². The molecule has 1 aromatic carbocycles. The molecule has 0 spiro atoms. The number of carbonyl (C=O) groups is 1. The van der Waals surface area contributed by atoms with Gasteiger partial charge in [-0.05, 0) is 24.0 Å². The first-order chi connectivity index (χ1) is 9.28. The van der Waals surface area contributed by atoms with Gasteiger partial charge in [0, 0.05) is 26.1 Å². The largest absolute Gasteiger partial charge is 0.378 e. The number of fused-ring (bicyclic) bond motifs is 1. The Morgan fingerprint density at radius 1 is 1.26 bits per heavy atom. The molecule has 4 nitrogen and oxygen atoms in total. The molecule has 4 heteroatoms. The predicted molar refractivity (Wildman–Crippen MR) is 72.9 cm³/mol. The third kappa shape index (κ3) is 2.51. The molecule has 2 aliphatic rings. The summed E-state index contributed by atoms with van der Waals surface area (Å²) in [6.07, 6.45) is 1.81. The van der Waals surface area contributed by atoms with Gasteiger partial charge in [-0.15, -0.1) is 0 Å². The summed E-state index contributed by atoms with van der Waals surface area (Å²) < 4.78 is 5.37. The Morgan fingerprint density at radius 3 is 2.58 bits per heavy atom. The molecule has 19 heavy (non-hydrogen) atoms. The summed E-state index contributed by atoms with van der Waals surface area (Å²) in [7, 11) is 1.70. The molecule has 1 aromatic rings. The molecule has 1 amide bonds. The average Bonchev–Trinajstić information content (AvgIpc) is 3.03. The summed E-state index contributed by atoms with van der Waals surface area (Å²) >= 11 is 0. The first kappa shape index (κ1) is 12.6. The van der Waals surface area contributed by atoms with Gasteiger partial charge in [0.05, 0.1) is 12.1 Å². The highest BCUT2D eigenvalue weighted by molar-refractivity contribution is 5.80. The SMILES string of the molecule is CO[C@H]1CNCC1NC(=O)C1Cc2ccccc2C1. The molecule has 1 aliphatic carbocycles. The van der Waals surface area contributed by atoms with Crippen LogP contribution in [0.4, 0.5) is 0 Å². The number of carbonyl (C=O) groups excluding carboxylic acids is 1. The maximum absolute atomic E-state index is 12.3. The van der Waals surface area contributed by atoms with Crippen LogP contribution in [-0.4, -0.2) is 38.3 Å². The number of benzene rings is 1. The zero-order chi connectivity index (χ0) is 13.2. The van der Waals surface area contributed by atoms with Gasteiger partial charge in [0.1, 0.15) is 0 Å². The second kappa shape index (κ2) is 5.31. The maximum Gasteiger partial charge on any atom is 0.224 e. The normalized spacial score (nSPS) is 26.4. The van der Waals surface area contributed by atoms with E-state index < -0.39 is 0 Å². The molecular formula is C15H20N2O2. The lowest BCUT2D eigenvalue weighted by atomic mass is 10.0. The summed E-state index contributed by atoms with van der Waals surface area (Å²) in [5.41, 5.74) is 2.63. The molecule has 1 unspecified atom stereocenters. The summed E-state index contributed by atoms with van der Waals surface area (Å²) in [5, 5.41) is 6.38. The third-order valence-corrected chi connectivity index (χ3v) is 4.21. The predicted octanol–water partition coefficient (Wildman–Crippen LogP) is 0.504. The van der Waals surface area contributed by atoms with Gasteiger partial charge in [0.15, 0.2) is 0 Å². The zero-order valence-electron chi connectivity index (χ0n) is 11.2. The van der Waals surface area contributed by atoms with Crippen LogP contribution in [0.2, 0.25) is 0 Å². The number of methoxy groups -OCH3 is 1. The van der Waals surface area contributed by atoms with Crippen molar-refractivity contribution in [3.05, 3.63) is 35.4 Å². The van der Waals surface area contributed by atoms with Crippen molar-refractivity contribution in [2.24, 2.45) is 5.92 Å². The molecule has 1 heterocycles. The zero-order valence-corrected chi connectivity index (χ0v) is 11.2. The number of nitrogens with one attached hydrogen (secondary N) is 2. The Hall–Kier alpha value is -1.39. The van der Waals surface area contributed by atoms with Crippen LogP contribution in [0.25, 0.3) is 0 Å². The lowest BCUT2D eigenvalue weighted by Gasteiger charge is -2.20. The van der Waals surface area contributed by atoms with Crippen molar-refractivity contribution in [2.45, 2.75) is 25.0 Å². The van der Waals surface area contributed by atoms with Crippen molar-refractivity contribution in [2.75, 3.05) is 20.2 Å². The number of ether oxygens (including phenoxy) is 1. The van der Waals surface area contributed by atoms with Crippen molar-refractivity contribution in [1.29, 1.82) is 0 Å². The van der Waals surface area contributed by atoms with E-state index in [2.05, 4.69) is 22.8 Å². The van der Waals surface area contributed by atoms with Crippen LogP contribution >= 0.6 is 0 Å². The highest BCUT2D eigenvalue weighted by Crippen LogP contribution is 2.26. The van der Waals surface area contributed by atoms with Gasteiger partial charge in [0.2, 0.25) is 5.91 Å². The second-order valence-corrected chi connectivity index (χ2v) is 5.42. The number of hydrogen-bond acceptors (Lipinski definition) is 3. The Bertz CT molecular complexity index is 450. The quantitative estimate of drug-likeness (QED) is 0.832. The molecule has 0 radical (unpaired) electrons. The van der Waals surface area contributed by atoms with Crippen LogP contribution in [0.15, 0.2) is 24.3 Å². The van der Waals surface area contributed by atoms with Gasteiger partial charge < -0.3 is 15.4 Å². The van der Waals surface area contributed by atoms with Crippen molar-refractivity contribution >= 4 is 5.91 Å². The van der Waals surface area contributed by atoms with E-state index in [0.29, 0.717) is 0 Å². The topological polar surface area (TPSA) is 50.4 Å². The van der Waals surface area contributed by atoms with E-state index in [1.54, 1.807) is 7.11 Å². The Balaban J connectivity index is 1.61. The molecule has 1 aliphatic heterocycles. The van der Waals surface area contributed by atoms with Crippen LogP contribution in [-0.2, 0) is 22.4 Å². The van der Waals surface area contributed by atoms with E-state index in [1.807, 2.05) is 12.1 Å². The number of amides is 1. The highest BCUT2D eigenvalue weighted by Gasteiger charge is 2.32. The average molecular weight is 260 g/mol. The van der Waals surface area contributed by atoms with E-state index in [4.69, 9.17) is 4.74 Å². The van der Waals surface area contributed by atoms with Gasteiger partial charge in [-0.25, -0.2) is 0 Å². The molecule has 102 valence electrons. The fourth-order valence-corrected chi connectivity index (χ4v) is 3.09. The molecule has 2 N–H and O–H groups in total. The van der Waals surface area contributed by atoms with Crippen molar-refractivity contribution in [3.8, 4) is 0 Å². The molecule has 1 saturated heterocycles. The smallest absolute Gasteiger partial charge is 0.224 e. The minimum Gasteiger partial charge on any atom is -0.378 e. The van der Waals surface area contributed by atoms with Crippen LogP contribution in [0, 0.1) is 5.92 Å². The summed E-state index contributed by atoms with van der Waals surface area (Å²) in [6, 6.07) is 8.43. The van der Waals surface area contributed by atoms with Crippen LogP contribution in [0.3, 0.4) is 0 Å². The van der Waals surface area contributed by atoms with E-state index in [0.717, 1.165) is 25.9 Å². The molecule has 2 atom stereocenters. The van der Waals surface area contributed by atoms with Gasteiger partial charge >= 0.3 is 0 Å². The molecule has 1 fully saturated rings. The van der Waals surface area contributed by atoms with E-state index >= 15 is 0 Å². The van der Waals surface area contributed by atoms with Gasteiger partial charge in [0.25, 0.3) is 0 Å². The lowest BCUT2D eigenvalue weighted by Crippen LogP contribution is -2.46. The summed E-state index contributed by atoms with van der Waals surface area (Å²) in [4.78, 5) is 12.3. The standard InChI is InChI=1S/C15H20N2O2/c1-19-14-9-16-8-13(14)17-15(18)12-6-10-4-2-3-5-11(10)7-12/h2-5,12-14,16H,6-9H2,1H3,(H,17,18)/t13?,14-/m0/s1. The first-order valence-electron chi connectivity index (χ1n) is 6.88. The van der Waals surface area contributed by atoms with Gasteiger partial charge in [-0.1, -0.05) is 24.3 Å². The minimum atomic E-state index is 0.0792. The Morgan fingerprint density at radius 2 is 1.95 bits per heavy atom. The maximum atomic E-state index is 12.3. The van der Waals surface area contributed by atoms with E-state index in [-0.39, 0.29) is 24.0 Å². The number of hydrogen-bond donors (Lipinski definition) is 2. The monoisotopic (exact) mass is 260 g/mol. The van der Waals surface area contributed by atoms with Crippen LogP contribution in [0.5, 0.6) is 0 Å². The van der Waals surface area contributed by atoms with Gasteiger partial charge in [-0.3, -0.25) is 4.79 Å². The first-order valence-corrected chi connectivity index (χ1v) is 6.88. The Labute approximate surface area is 113 Å². The summed E-state index contributed by atoms with van der Waals surface area (Å²) in [5.74, 6) is 0.238. The highest BCUT2D eigenvalue weighted by atomic mass is 16.5. The third-order valence-electron chi connectivity index (χ3n) is 4.21. The molecular weight excluding hydrogens is 240 g/mol. The van der Waals surface area contributed by atoms with Crippen LogP contribution < -0.4 is 10.6 Å². The molecule has 0 bridgehead atoms.